The van der Waals surface area contributed by atoms with E-state index in [0.29, 0.717) is 48.8 Å². The number of nitrogens with zero attached hydrogens (tertiary/aromatic N) is 5. The number of hydrogen-bond acceptors (Lipinski definition) is 8. The molecule has 2 saturated heterocycles. The van der Waals surface area contributed by atoms with Crippen LogP contribution in [0.5, 0.6) is 11.6 Å². The zero-order valence-electron chi connectivity index (χ0n) is 21.5. The summed E-state index contributed by atoms with van der Waals surface area (Å²) in [5.41, 5.74) is 0.0692. The quantitative estimate of drug-likeness (QED) is 0.524. The highest BCUT2D eigenvalue weighted by Crippen LogP contribution is 2.35. The molecule has 1 atom stereocenters. The summed E-state index contributed by atoms with van der Waals surface area (Å²) < 4.78 is 33.4. The lowest BCUT2D eigenvalue weighted by atomic mass is 9.83. The fourth-order valence-corrected chi connectivity index (χ4v) is 4.58. The maximum absolute atomic E-state index is 14.1. The standard InChI is InChI=1S/C26H32FN5O5/c1-25(2,3)37-24(34)31-13-26(4,14-31)15-36-23-17-12-28-32(20-7-5-6-10-35-20)22(17)29-21(30-23)16-8-9-19(33)18(27)11-16/h8-9,11-12,20,33H,5-7,10,13-15H2,1-4H3. The van der Waals surface area contributed by atoms with Crippen LogP contribution in [0.25, 0.3) is 22.4 Å². The van der Waals surface area contributed by atoms with Crippen molar-refractivity contribution in [1.82, 2.24) is 24.6 Å². The van der Waals surface area contributed by atoms with Crippen LogP contribution < -0.4 is 4.74 Å². The van der Waals surface area contributed by atoms with Gasteiger partial charge in [-0.25, -0.2) is 18.9 Å². The number of ether oxygens (including phenoxy) is 3. The number of aromatic nitrogens is 4. The SMILES string of the molecule is CC1(COc2nc(-c3ccc(O)c(F)c3)nc3c2cnn3C2CCCCO2)CN(C(=O)OC(C)(C)C)C1. The molecule has 2 fully saturated rings. The predicted octanol–water partition coefficient (Wildman–Crippen LogP) is 4.67. The lowest BCUT2D eigenvalue weighted by Gasteiger charge is -2.47. The zero-order valence-corrected chi connectivity index (χ0v) is 21.5. The molecule has 2 aromatic heterocycles. The molecule has 1 aromatic carbocycles. The summed E-state index contributed by atoms with van der Waals surface area (Å²) >= 11 is 0. The van der Waals surface area contributed by atoms with E-state index in [1.807, 2.05) is 27.7 Å². The Hall–Kier alpha value is -3.47. The molecule has 0 aliphatic carbocycles. The highest BCUT2D eigenvalue weighted by atomic mass is 19.1. The number of halogens is 1. The lowest BCUT2D eigenvalue weighted by Crippen LogP contribution is -2.60. The average molecular weight is 514 g/mol. The summed E-state index contributed by atoms with van der Waals surface area (Å²) in [6, 6.07) is 4.00. The van der Waals surface area contributed by atoms with Gasteiger partial charge in [0.2, 0.25) is 5.88 Å². The van der Waals surface area contributed by atoms with E-state index in [4.69, 9.17) is 14.2 Å². The number of phenols is 1. The molecule has 37 heavy (non-hydrogen) atoms. The van der Waals surface area contributed by atoms with E-state index in [0.717, 1.165) is 19.3 Å². The first-order valence-corrected chi connectivity index (χ1v) is 12.5. The van der Waals surface area contributed by atoms with E-state index in [1.54, 1.807) is 21.8 Å². The van der Waals surface area contributed by atoms with Crippen molar-refractivity contribution < 1.29 is 28.5 Å². The van der Waals surface area contributed by atoms with E-state index in [-0.39, 0.29) is 23.6 Å². The first-order chi connectivity index (χ1) is 17.5. The minimum atomic E-state index is -0.767. The van der Waals surface area contributed by atoms with Crippen LogP contribution in [0.4, 0.5) is 9.18 Å². The largest absolute Gasteiger partial charge is 0.505 e. The molecule has 0 bridgehead atoms. The molecule has 5 rings (SSSR count). The van der Waals surface area contributed by atoms with Crippen LogP contribution in [-0.2, 0) is 9.47 Å². The molecule has 198 valence electrons. The Morgan fingerprint density at radius 2 is 2.05 bits per heavy atom. The van der Waals surface area contributed by atoms with Gasteiger partial charge in [0.1, 0.15) is 11.0 Å². The summed E-state index contributed by atoms with van der Waals surface area (Å²) in [4.78, 5) is 23.3. The Morgan fingerprint density at radius 3 is 2.73 bits per heavy atom. The van der Waals surface area contributed by atoms with Crippen LogP contribution in [0.15, 0.2) is 24.4 Å². The third kappa shape index (κ3) is 5.31. The number of amides is 1. The third-order valence-electron chi connectivity index (χ3n) is 6.41. The number of rotatable bonds is 5. The molecule has 10 nitrogen and oxygen atoms in total. The number of fused-ring (bicyclic) bond motifs is 1. The topological polar surface area (TPSA) is 112 Å². The smallest absolute Gasteiger partial charge is 0.410 e. The number of carbonyl (C=O) groups excluding carboxylic acids is 1. The van der Waals surface area contributed by atoms with E-state index in [1.165, 1.54) is 12.1 Å². The van der Waals surface area contributed by atoms with Gasteiger partial charge in [-0.2, -0.15) is 10.1 Å². The van der Waals surface area contributed by atoms with Gasteiger partial charge in [0.25, 0.3) is 0 Å². The maximum atomic E-state index is 14.1. The second kappa shape index (κ2) is 9.44. The highest BCUT2D eigenvalue weighted by molar-refractivity contribution is 5.82. The molecule has 11 heteroatoms. The number of aromatic hydroxyl groups is 1. The average Bonchev–Trinajstić information content (AvgIpc) is 3.26. The van der Waals surface area contributed by atoms with Gasteiger partial charge in [-0.1, -0.05) is 6.92 Å². The van der Waals surface area contributed by atoms with Crippen LogP contribution in [0.2, 0.25) is 0 Å². The Labute approximate surface area is 214 Å². The van der Waals surface area contributed by atoms with Crippen molar-refractivity contribution in [2.45, 2.75) is 58.8 Å². The van der Waals surface area contributed by atoms with E-state index >= 15 is 0 Å². The Bertz CT molecular complexity index is 1310. The van der Waals surface area contributed by atoms with Crippen molar-refractivity contribution in [3.8, 4) is 23.0 Å². The van der Waals surface area contributed by atoms with Crippen LogP contribution in [-0.4, -0.2) is 67.8 Å². The van der Waals surface area contributed by atoms with Crippen molar-refractivity contribution in [3.63, 3.8) is 0 Å². The van der Waals surface area contributed by atoms with Crippen molar-refractivity contribution in [1.29, 1.82) is 0 Å². The fraction of sp³-hybridized carbons (Fsp3) is 0.538. The van der Waals surface area contributed by atoms with Crippen LogP contribution in [0, 0.1) is 11.2 Å². The summed E-state index contributed by atoms with van der Waals surface area (Å²) in [6.45, 7) is 9.46. The molecule has 2 aliphatic heterocycles. The normalized spacial score (nSPS) is 19.5. The van der Waals surface area contributed by atoms with Gasteiger partial charge in [-0.3, -0.25) is 0 Å². The van der Waals surface area contributed by atoms with Gasteiger partial charge < -0.3 is 24.2 Å². The second-order valence-corrected chi connectivity index (χ2v) is 11.1. The minimum absolute atomic E-state index is 0.244. The molecule has 3 aromatic rings. The number of likely N-dealkylation sites (tertiary alicyclic amines) is 1. The number of hydrogen-bond donors (Lipinski definition) is 1. The van der Waals surface area contributed by atoms with E-state index in [9.17, 15) is 14.3 Å². The van der Waals surface area contributed by atoms with Gasteiger partial charge in [-0.15, -0.1) is 0 Å². The van der Waals surface area contributed by atoms with Gasteiger partial charge in [0.05, 0.1) is 12.8 Å². The van der Waals surface area contributed by atoms with Gasteiger partial charge >= 0.3 is 6.09 Å². The predicted molar refractivity (Wildman–Crippen MR) is 133 cm³/mol. The second-order valence-electron chi connectivity index (χ2n) is 11.1. The lowest BCUT2D eigenvalue weighted by molar-refractivity contribution is -0.0431. The van der Waals surface area contributed by atoms with Crippen molar-refractivity contribution in [3.05, 3.63) is 30.2 Å². The molecular weight excluding hydrogens is 481 g/mol. The van der Waals surface area contributed by atoms with Gasteiger partial charge in [0, 0.05) is 30.7 Å². The summed E-state index contributed by atoms with van der Waals surface area (Å²) in [7, 11) is 0. The molecule has 1 unspecified atom stereocenters. The number of phenolic OH excluding ortho intramolecular Hbond substituents is 1. The summed E-state index contributed by atoms with van der Waals surface area (Å²) in [5.74, 6) is -0.660. The molecule has 1 N–H and O–H groups in total. The Kier molecular flexibility index (Phi) is 6.43. The van der Waals surface area contributed by atoms with Crippen molar-refractivity contribution in [2.75, 3.05) is 26.3 Å². The Morgan fingerprint density at radius 1 is 1.27 bits per heavy atom. The maximum Gasteiger partial charge on any atom is 0.410 e. The van der Waals surface area contributed by atoms with Gasteiger partial charge in [0.15, 0.2) is 29.3 Å². The first kappa shape index (κ1) is 25.2. The number of benzene rings is 1. The van der Waals surface area contributed by atoms with Crippen molar-refractivity contribution >= 4 is 17.1 Å². The molecule has 1 amide bonds. The molecule has 4 heterocycles. The van der Waals surface area contributed by atoms with Crippen LogP contribution >= 0.6 is 0 Å². The van der Waals surface area contributed by atoms with E-state index < -0.39 is 17.2 Å². The van der Waals surface area contributed by atoms with E-state index in [2.05, 4.69) is 15.1 Å². The molecule has 0 spiro atoms. The third-order valence-corrected chi connectivity index (χ3v) is 6.41. The fourth-order valence-electron chi connectivity index (χ4n) is 4.58. The van der Waals surface area contributed by atoms with Crippen molar-refractivity contribution in [2.24, 2.45) is 5.41 Å². The number of carbonyl (C=O) groups is 1. The minimum Gasteiger partial charge on any atom is -0.505 e. The van der Waals surface area contributed by atoms with Gasteiger partial charge in [-0.05, 0) is 58.2 Å². The molecule has 2 aliphatic rings. The highest BCUT2D eigenvalue weighted by Gasteiger charge is 2.44. The summed E-state index contributed by atoms with van der Waals surface area (Å²) in [5, 5.41) is 14.8. The van der Waals surface area contributed by atoms with Crippen LogP contribution in [0.1, 0.15) is 53.2 Å². The monoisotopic (exact) mass is 513 g/mol. The molecule has 0 radical (unpaired) electrons. The molecule has 0 saturated carbocycles. The summed E-state index contributed by atoms with van der Waals surface area (Å²) in [6.07, 6.45) is 3.86. The first-order valence-electron chi connectivity index (χ1n) is 12.5. The molecular formula is C26H32FN5O5. The van der Waals surface area contributed by atoms with Crippen LogP contribution in [0.3, 0.4) is 0 Å². The zero-order chi connectivity index (χ0) is 26.4. The Balaban J connectivity index is 1.41.